The summed E-state index contributed by atoms with van der Waals surface area (Å²) >= 11 is 0. The summed E-state index contributed by atoms with van der Waals surface area (Å²) in [6, 6.07) is 0. The monoisotopic (exact) mass is 570 g/mol. The number of allylic oxidation sites excluding steroid dienone is 8. The van der Waals surface area contributed by atoms with Crippen molar-refractivity contribution in [2.24, 2.45) is 57.2 Å². The molecule has 4 saturated carbocycles. The van der Waals surface area contributed by atoms with Crippen LogP contribution in [0.3, 0.4) is 0 Å². The van der Waals surface area contributed by atoms with Gasteiger partial charge in [0, 0.05) is 12.8 Å². The summed E-state index contributed by atoms with van der Waals surface area (Å²) in [6.45, 7) is 19.7. The highest BCUT2D eigenvalue weighted by atomic mass is 16.1. The lowest BCUT2D eigenvalue weighted by Crippen LogP contribution is -2.53. The van der Waals surface area contributed by atoms with Crippen molar-refractivity contribution in [3.8, 4) is 0 Å². The second-order valence-electron chi connectivity index (χ2n) is 17.8. The number of ketones is 1. The van der Waals surface area contributed by atoms with E-state index in [1.807, 2.05) is 0 Å². The van der Waals surface area contributed by atoms with E-state index in [-0.39, 0.29) is 10.8 Å². The standard InChI is InChI=1S/C41H62O/c1-27(2)29-11-15-34-31(23-29)13-17-36-38(5,19-9-21-40(34,36)7)25-33(42)26-39(6)20-10-22-41(8)35-16-12-30(28(3)4)24-32(35)14-18-37(39)41/h11-12,23-24,27-28,34-37H,9-10,13-22,25-26H2,1-8H3/t34-,35-,36-,37-,38-,39-,40+,41+/m0/s1. The van der Waals surface area contributed by atoms with E-state index in [4.69, 9.17) is 0 Å². The molecule has 1 nitrogen and oxygen atoms in total. The molecule has 6 aliphatic rings. The predicted octanol–water partition coefficient (Wildman–Crippen LogP) is 11.6. The van der Waals surface area contributed by atoms with Gasteiger partial charge >= 0.3 is 0 Å². The number of carbonyl (C=O) groups excluding carboxylic acids is 1. The molecule has 0 aromatic carbocycles. The van der Waals surface area contributed by atoms with Crippen LogP contribution in [0.5, 0.6) is 0 Å². The molecule has 6 aliphatic carbocycles. The Labute approximate surface area is 259 Å². The number of hydrogen-bond acceptors (Lipinski definition) is 1. The maximum Gasteiger partial charge on any atom is 0.134 e. The van der Waals surface area contributed by atoms with Crippen LogP contribution in [-0.2, 0) is 4.79 Å². The molecule has 0 aliphatic heterocycles. The molecule has 42 heavy (non-hydrogen) atoms. The highest BCUT2D eigenvalue weighted by Crippen LogP contribution is 2.66. The molecule has 4 fully saturated rings. The molecule has 0 heterocycles. The minimum absolute atomic E-state index is 0.163. The quantitative estimate of drug-likeness (QED) is 0.310. The Bertz CT molecular complexity index is 1120. The molecule has 0 bridgehead atoms. The van der Waals surface area contributed by atoms with E-state index in [9.17, 15) is 4.79 Å². The summed E-state index contributed by atoms with van der Waals surface area (Å²) in [7, 11) is 0. The van der Waals surface area contributed by atoms with Crippen LogP contribution in [0.2, 0.25) is 0 Å². The first kappa shape index (κ1) is 30.6. The van der Waals surface area contributed by atoms with Crippen LogP contribution < -0.4 is 0 Å². The van der Waals surface area contributed by atoms with Gasteiger partial charge in [-0.15, -0.1) is 0 Å². The smallest absolute Gasteiger partial charge is 0.134 e. The van der Waals surface area contributed by atoms with Crippen LogP contribution >= 0.6 is 0 Å². The Hall–Kier alpha value is -1.37. The van der Waals surface area contributed by atoms with Gasteiger partial charge in [-0.25, -0.2) is 0 Å². The average molecular weight is 571 g/mol. The predicted molar refractivity (Wildman–Crippen MR) is 178 cm³/mol. The Morgan fingerprint density at radius 2 is 1.10 bits per heavy atom. The lowest BCUT2D eigenvalue weighted by atomic mass is 9.44. The first-order valence-corrected chi connectivity index (χ1v) is 18.1. The third kappa shape index (κ3) is 5.00. The van der Waals surface area contributed by atoms with Crippen LogP contribution in [0.4, 0.5) is 0 Å². The van der Waals surface area contributed by atoms with Crippen LogP contribution in [0, 0.1) is 57.2 Å². The summed E-state index contributed by atoms with van der Waals surface area (Å²) < 4.78 is 0. The van der Waals surface area contributed by atoms with Crippen molar-refractivity contribution in [3.05, 3.63) is 46.6 Å². The number of fused-ring (bicyclic) bond motifs is 6. The molecule has 8 atom stereocenters. The second kappa shape index (κ2) is 10.9. The van der Waals surface area contributed by atoms with E-state index < -0.39 is 0 Å². The van der Waals surface area contributed by atoms with Crippen molar-refractivity contribution < 1.29 is 4.79 Å². The largest absolute Gasteiger partial charge is 0.300 e. The van der Waals surface area contributed by atoms with E-state index in [1.165, 1.54) is 77.0 Å². The summed E-state index contributed by atoms with van der Waals surface area (Å²) in [5.74, 6) is 4.57. The molecule has 0 aromatic rings. The van der Waals surface area contributed by atoms with Crippen molar-refractivity contribution in [1.29, 1.82) is 0 Å². The Morgan fingerprint density at radius 3 is 1.48 bits per heavy atom. The number of carbonyl (C=O) groups is 1. The SMILES string of the molecule is CC(C)C1=CC[C@H]2C(=C1)CC[C@H]1[C@](C)(CC(=O)C[C@]3(C)CCC[C@]4(C)[C@H]5CC=C(C(C)C)C=C5CC[C@@H]34)CCC[C@]21C. The molecule has 232 valence electrons. The minimum atomic E-state index is 0.163. The van der Waals surface area contributed by atoms with Gasteiger partial charge in [0.15, 0.2) is 0 Å². The molecule has 0 aromatic heterocycles. The van der Waals surface area contributed by atoms with Gasteiger partial charge in [-0.2, -0.15) is 0 Å². The van der Waals surface area contributed by atoms with Gasteiger partial charge in [0.2, 0.25) is 0 Å². The topological polar surface area (TPSA) is 17.1 Å². The van der Waals surface area contributed by atoms with Gasteiger partial charge in [-0.1, -0.05) is 104 Å². The Morgan fingerprint density at radius 1 is 0.690 bits per heavy atom. The van der Waals surface area contributed by atoms with E-state index in [0.29, 0.717) is 52.1 Å². The summed E-state index contributed by atoms with van der Waals surface area (Å²) in [4.78, 5) is 14.3. The van der Waals surface area contributed by atoms with Gasteiger partial charge in [-0.3, -0.25) is 4.79 Å². The Kier molecular flexibility index (Phi) is 7.96. The van der Waals surface area contributed by atoms with Gasteiger partial charge in [0.1, 0.15) is 5.78 Å². The average Bonchev–Trinajstić information content (AvgIpc) is 2.91. The zero-order valence-electron chi connectivity index (χ0n) is 28.6. The second-order valence-corrected chi connectivity index (χ2v) is 17.8. The van der Waals surface area contributed by atoms with Gasteiger partial charge < -0.3 is 0 Å². The number of rotatable bonds is 6. The zero-order chi connectivity index (χ0) is 30.1. The molecular formula is C41H62O. The van der Waals surface area contributed by atoms with Crippen LogP contribution in [0.15, 0.2) is 46.6 Å². The zero-order valence-corrected chi connectivity index (χ0v) is 28.6. The lowest BCUT2D eigenvalue weighted by molar-refractivity contribution is -0.134. The van der Waals surface area contributed by atoms with E-state index in [0.717, 1.165) is 12.8 Å². The lowest BCUT2D eigenvalue weighted by Gasteiger charge is -2.60. The molecule has 1 heteroatoms. The maximum absolute atomic E-state index is 14.3. The molecule has 0 saturated heterocycles. The molecule has 0 spiro atoms. The molecule has 0 amide bonds. The summed E-state index contributed by atoms with van der Waals surface area (Å²) in [5, 5.41) is 0. The van der Waals surface area contributed by atoms with Crippen molar-refractivity contribution in [3.63, 3.8) is 0 Å². The van der Waals surface area contributed by atoms with Crippen LogP contribution in [0.25, 0.3) is 0 Å². The summed E-state index contributed by atoms with van der Waals surface area (Å²) in [5.41, 5.74) is 7.59. The van der Waals surface area contributed by atoms with Gasteiger partial charge in [0.05, 0.1) is 0 Å². The first-order chi connectivity index (χ1) is 19.8. The highest BCUT2D eigenvalue weighted by Gasteiger charge is 2.57. The van der Waals surface area contributed by atoms with Crippen molar-refractivity contribution >= 4 is 5.78 Å². The fraction of sp³-hybridized carbons (Fsp3) is 0.780. The third-order valence-electron chi connectivity index (χ3n) is 14.5. The normalized spacial score (nSPS) is 43.3. The summed E-state index contributed by atoms with van der Waals surface area (Å²) in [6.07, 6.45) is 27.2. The Balaban J connectivity index is 1.18. The molecule has 0 unspecified atom stereocenters. The van der Waals surface area contributed by atoms with Crippen molar-refractivity contribution in [1.82, 2.24) is 0 Å². The first-order valence-electron chi connectivity index (χ1n) is 18.1. The van der Waals surface area contributed by atoms with Crippen molar-refractivity contribution in [2.45, 2.75) is 145 Å². The van der Waals surface area contributed by atoms with Crippen molar-refractivity contribution in [2.75, 3.05) is 0 Å². The molecule has 0 N–H and O–H groups in total. The number of hydrogen-bond donors (Lipinski definition) is 0. The molecule has 6 rings (SSSR count). The van der Waals surface area contributed by atoms with Gasteiger partial charge in [0.25, 0.3) is 0 Å². The third-order valence-corrected chi connectivity index (χ3v) is 14.5. The fourth-order valence-electron chi connectivity index (χ4n) is 12.5. The van der Waals surface area contributed by atoms with Crippen LogP contribution in [0.1, 0.15) is 145 Å². The number of Topliss-reactive ketones (excluding diaryl/α,β-unsaturated/α-hetero) is 1. The van der Waals surface area contributed by atoms with E-state index in [1.54, 1.807) is 22.3 Å². The van der Waals surface area contributed by atoms with Gasteiger partial charge in [-0.05, 0) is 133 Å². The van der Waals surface area contributed by atoms with E-state index in [2.05, 4.69) is 79.7 Å². The van der Waals surface area contributed by atoms with Crippen LogP contribution in [-0.4, -0.2) is 5.78 Å². The minimum Gasteiger partial charge on any atom is -0.300 e. The van der Waals surface area contributed by atoms with E-state index >= 15 is 0 Å². The maximum atomic E-state index is 14.3. The molecular weight excluding hydrogens is 508 g/mol. The fourth-order valence-corrected chi connectivity index (χ4v) is 12.5. The highest BCUT2D eigenvalue weighted by molar-refractivity contribution is 5.80. The molecule has 0 radical (unpaired) electrons.